The smallest absolute Gasteiger partial charge is 0.127 e. The van der Waals surface area contributed by atoms with Crippen LogP contribution in [0.3, 0.4) is 0 Å². The average molecular weight is 235 g/mol. The van der Waals surface area contributed by atoms with Gasteiger partial charge in [0.05, 0.1) is 19.9 Å². The molecule has 17 heavy (non-hydrogen) atoms. The first kappa shape index (κ1) is 11.7. The second-order valence-electron chi connectivity index (χ2n) is 3.63. The summed E-state index contributed by atoms with van der Waals surface area (Å²) in [6.45, 7) is 0.585. The van der Waals surface area contributed by atoms with Gasteiger partial charge in [-0.05, 0) is 31.3 Å². The molecule has 0 atom stereocenters. The van der Waals surface area contributed by atoms with Gasteiger partial charge in [0.2, 0.25) is 0 Å². The lowest BCUT2D eigenvalue weighted by molar-refractivity contribution is 0.415. The maximum Gasteiger partial charge on any atom is 0.127 e. The molecule has 0 aliphatic carbocycles. The van der Waals surface area contributed by atoms with E-state index in [4.69, 9.17) is 9.15 Å². The van der Waals surface area contributed by atoms with Crippen molar-refractivity contribution in [2.24, 2.45) is 0 Å². The van der Waals surface area contributed by atoms with Crippen molar-refractivity contribution in [3.05, 3.63) is 42.1 Å². The standard InChI is InChI=1S/C13H14FNO2/c1-15-8-13-10(5-6-17-13)11-7-9(14)3-4-12(11)16-2/h3-7,15H,8H2,1-2H3. The summed E-state index contributed by atoms with van der Waals surface area (Å²) in [5.74, 6) is 1.10. The number of nitrogens with one attached hydrogen (secondary N) is 1. The third kappa shape index (κ3) is 2.31. The van der Waals surface area contributed by atoms with Crippen LogP contribution in [0, 0.1) is 5.82 Å². The van der Waals surface area contributed by atoms with Crippen LogP contribution < -0.4 is 10.1 Å². The highest BCUT2D eigenvalue weighted by atomic mass is 19.1. The summed E-state index contributed by atoms with van der Waals surface area (Å²) in [6.07, 6.45) is 1.59. The minimum absolute atomic E-state index is 0.294. The highest BCUT2D eigenvalue weighted by Gasteiger charge is 2.13. The number of furan rings is 1. The van der Waals surface area contributed by atoms with Gasteiger partial charge in [-0.1, -0.05) is 0 Å². The van der Waals surface area contributed by atoms with Crippen molar-refractivity contribution in [3.63, 3.8) is 0 Å². The summed E-state index contributed by atoms with van der Waals surface area (Å²) in [4.78, 5) is 0. The Morgan fingerprint density at radius 2 is 2.12 bits per heavy atom. The number of methoxy groups -OCH3 is 1. The molecule has 1 aromatic carbocycles. The van der Waals surface area contributed by atoms with E-state index in [9.17, 15) is 4.39 Å². The van der Waals surface area contributed by atoms with Crippen LogP contribution in [0.15, 0.2) is 34.9 Å². The predicted octanol–water partition coefficient (Wildman–Crippen LogP) is 2.81. The largest absolute Gasteiger partial charge is 0.496 e. The molecule has 0 saturated heterocycles. The lowest BCUT2D eigenvalue weighted by atomic mass is 10.0. The number of hydrogen-bond donors (Lipinski definition) is 1. The summed E-state index contributed by atoms with van der Waals surface area (Å²) in [5, 5.41) is 3.00. The molecule has 0 saturated carbocycles. The van der Waals surface area contributed by atoms with E-state index in [0.29, 0.717) is 17.9 Å². The molecule has 2 rings (SSSR count). The molecule has 1 N–H and O–H groups in total. The molecule has 0 fully saturated rings. The molecule has 0 aliphatic rings. The Balaban J connectivity index is 2.51. The number of hydrogen-bond acceptors (Lipinski definition) is 3. The van der Waals surface area contributed by atoms with Crippen LogP contribution in [-0.4, -0.2) is 14.2 Å². The fraction of sp³-hybridized carbons (Fsp3) is 0.231. The molecule has 0 unspecified atom stereocenters. The van der Waals surface area contributed by atoms with Gasteiger partial charge in [0.25, 0.3) is 0 Å². The topological polar surface area (TPSA) is 34.4 Å². The van der Waals surface area contributed by atoms with Gasteiger partial charge in [-0.2, -0.15) is 0 Å². The Morgan fingerprint density at radius 1 is 1.29 bits per heavy atom. The first-order chi connectivity index (χ1) is 8.26. The molecular weight excluding hydrogens is 221 g/mol. The minimum Gasteiger partial charge on any atom is -0.496 e. The van der Waals surface area contributed by atoms with E-state index in [0.717, 1.165) is 11.3 Å². The third-order valence-electron chi connectivity index (χ3n) is 2.53. The summed E-state index contributed by atoms with van der Waals surface area (Å²) in [7, 11) is 3.39. The molecule has 1 aromatic heterocycles. The third-order valence-corrected chi connectivity index (χ3v) is 2.53. The summed E-state index contributed by atoms with van der Waals surface area (Å²) >= 11 is 0. The van der Waals surface area contributed by atoms with E-state index in [1.165, 1.54) is 12.1 Å². The van der Waals surface area contributed by atoms with Crippen molar-refractivity contribution in [2.75, 3.05) is 14.2 Å². The molecule has 2 aromatic rings. The van der Waals surface area contributed by atoms with E-state index >= 15 is 0 Å². The van der Waals surface area contributed by atoms with E-state index in [2.05, 4.69) is 5.32 Å². The van der Waals surface area contributed by atoms with Gasteiger partial charge in [-0.25, -0.2) is 4.39 Å². The van der Waals surface area contributed by atoms with Gasteiger partial charge in [-0.3, -0.25) is 0 Å². The quantitative estimate of drug-likeness (QED) is 0.884. The molecule has 0 bridgehead atoms. The van der Waals surface area contributed by atoms with Crippen molar-refractivity contribution in [2.45, 2.75) is 6.54 Å². The average Bonchev–Trinajstić information content (AvgIpc) is 2.77. The number of ether oxygens (including phenoxy) is 1. The van der Waals surface area contributed by atoms with Crippen molar-refractivity contribution in [3.8, 4) is 16.9 Å². The Morgan fingerprint density at radius 3 is 2.82 bits per heavy atom. The fourth-order valence-corrected chi connectivity index (χ4v) is 1.77. The van der Waals surface area contributed by atoms with Crippen LogP contribution in [0.5, 0.6) is 5.75 Å². The van der Waals surface area contributed by atoms with E-state index in [1.807, 2.05) is 13.1 Å². The zero-order chi connectivity index (χ0) is 12.3. The van der Waals surface area contributed by atoms with Crippen LogP contribution in [0.2, 0.25) is 0 Å². The first-order valence-electron chi connectivity index (χ1n) is 5.31. The second-order valence-corrected chi connectivity index (χ2v) is 3.63. The minimum atomic E-state index is -0.294. The predicted molar refractivity (Wildman–Crippen MR) is 63.4 cm³/mol. The van der Waals surface area contributed by atoms with Gasteiger partial charge in [0.1, 0.15) is 17.3 Å². The van der Waals surface area contributed by atoms with Crippen LogP contribution >= 0.6 is 0 Å². The Kier molecular flexibility index (Phi) is 3.44. The van der Waals surface area contributed by atoms with Crippen LogP contribution in [0.25, 0.3) is 11.1 Å². The lowest BCUT2D eigenvalue weighted by Gasteiger charge is -2.08. The van der Waals surface area contributed by atoms with Crippen LogP contribution in [-0.2, 0) is 6.54 Å². The monoisotopic (exact) mass is 235 g/mol. The maximum atomic E-state index is 13.3. The Bertz CT molecular complexity index is 508. The zero-order valence-corrected chi connectivity index (χ0v) is 9.79. The zero-order valence-electron chi connectivity index (χ0n) is 9.79. The first-order valence-corrected chi connectivity index (χ1v) is 5.31. The van der Waals surface area contributed by atoms with Crippen molar-refractivity contribution in [1.29, 1.82) is 0 Å². The van der Waals surface area contributed by atoms with Gasteiger partial charge < -0.3 is 14.5 Å². The highest BCUT2D eigenvalue weighted by molar-refractivity contribution is 5.72. The maximum absolute atomic E-state index is 13.3. The van der Waals surface area contributed by atoms with Gasteiger partial charge in [-0.15, -0.1) is 0 Å². The highest BCUT2D eigenvalue weighted by Crippen LogP contribution is 2.33. The molecule has 90 valence electrons. The van der Waals surface area contributed by atoms with Crippen molar-refractivity contribution >= 4 is 0 Å². The van der Waals surface area contributed by atoms with E-state index in [-0.39, 0.29) is 5.82 Å². The Hall–Kier alpha value is -1.81. The molecule has 0 radical (unpaired) electrons. The normalized spacial score (nSPS) is 10.5. The second kappa shape index (κ2) is 5.01. The Labute approximate surface area is 99.2 Å². The van der Waals surface area contributed by atoms with Gasteiger partial charge in [0, 0.05) is 11.1 Å². The number of rotatable bonds is 4. The fourth-order valence-electron chi connectivity index (χ4n) is 1.77. The van der Waals surface area contributed by atoms with Crippen molar-refractivity contribution in [1.82, 2.24) is 5.32 Å². The molecular formula is C13H14FNO2. The number of halogens is 1. The molecule has 0 aliphatic heterocycles. The molecule has 3 nitrogen and oxygen atoms in total. The van der Waals surface area contributed by atoms with Crippen molar-refractivity contribution < 1.29 is 13.5 Å². The summed E-state index contributed by atoms with van der Waals surface area (Å²) in [6, 6.07) is 6.24. The molecule has 4 heteroatoms. The lowest BCUT2D eigenvalue weighted by Crippen LogP contribution is -2.05. The number of benzene rings is 1. The summed E-state index contributed by atoms with van der Waals surface area (Å²) in [5.41, 5.74) is 1.54. The van der Waals surface area contributed by atoms with Gasteiger partial charge >= 0.3 is 0 Å². The molecule has 0 amide bonds. The van der Waals surface area contributed by atoms with Crippen LogP contribution in [0.1, 0.15) is 5.76 Å². The SMILES string of the molecule is CNCc1occc1-c1cc(F)ccc1OC. The van der Waals surface area contributed by atoms with E-state index < -0.39 is 0 Å². The van der Waals surface area contributed by atoms with E-state index in [1.54, 1.807) is 19.4 Å². The van der Waals surface area contributed by atoms with Gasteiger partial charge in [0.15, 0.2) is 0 Å². The molecule has 1 heterocycles. The molecule has 0 spiro atoms. The summed E-state index contributed by atoms with van der Waals surface area (Å²) < 4.78 is 23.9. The van der Waals surface area contributed by atoms with Crippen LogP contribution in [0.4, 0.5) is 4.39 Å².